The highest BCUT2D eigenvalue weighted by atomic mass is 35.5. The van der Waals surface area contributed by atoms with Gasteiger partial charge in [-0.2, -0.15) is 0 Å². The topological polar surface area (TPSA) is 47.6 Å². The van der Waals surface area contributed by atoms with Crippen molar-refractivity contribution in [2.45, 2.75) is 38.3 Å². The summed E-state index contributed by atoms with van der Waals surface area (Å²) >= 11 is 6.06. The number of hydrazine groups is 1. The number of hydrogen-bond donors (Lipinski definition) is 2. The Morgan fingerprint density at radius 2 is 2.04 bits per heavy atom. The average Bonchev–Trinajstić information content (AvgIpc) is 3.03. The zero-order valence-electron chi connectivity index (χ0n) is 13.6. The van der Waals surface area contributed by atoms with Gasteiger partial charge in [0.25, 0.3) is 0 Å². The van der Waals surface area contributed by atoms with Crippen LogP contribution in [0.3, 0.4) is 0 Å². The molecule has 3 rings (SSSR count). The van der Waals surface area contributed by atoms with E-state index in [4.69, 9.17) is 11.6 Å². The van der Waals surface area contributed by atoms with Gasteiger partial charge in [0, 0.05) is 42.9 Å². The molecule has 0 radical (unpaired) electrons. The number of anilines is 1. The molecule has 0 aliphatic carbocycles. The Bertz CT molecular complexity index is 545. The fraction of sp³-hybridized carbons (Fsp3) is 0.588. The lowest BCUT2D eigenvalue weighted by Crippen LogP contribution is -2.53. The second-order valence-electron chi connectivity index (χ2n) is 6.35. The average molecular weight is 337 g/mol. The molecular weight excluding hydrogens is 312 g/mol. The molecule has 1 amide bonds. The Morgan fingerprint density at radius 3 is 2.74 bits per heavy atom. The maximum atomic E-state index is 12.6. The third-order valence-electron chi connectivity index (χ3n) is 4.68. The minimum Gasteiger partial charge on any atom is -0.368 e. The van der Waals surface area contributed by atoms with Gasteiger partial charge in [0.05, 0.1) is 0 Å². The fourth-order valence-corrected chi connectivity index (χ4v) is 3.58. The predicted molar refractivity (Wildman–Crippen MR) is 93.6 cm³/mol. The molecule has 2 aliphatic rings. The monoisotopic (exact) mass is 336 g/mol. The summed E-state index contributed by atoms with van der Waals surface area (Å²) in [4.78, 5) is 16.9. The van der Waals surface area contributed by atoms with Gasteiger partial charge in [-0.15, -0.1) is 0 Å². The molecule has 2 fully saturated rings. The molecule has 6 heteroatoms. The highest BCUT2D eigenvalue weighted by Crippen LogP contribution is 2.21. The van der Waals surface area contributed by atoms with Crippen LogP contribution in [0.4, 0.5) is 5.69 Å². The molecule has 2 saturated heterocycles. The molecule has 0 saturated carbocycles. The Morgan fingerprint density at radius 1 is 1.26 bits per heavy atom. The van der Waals surface area contributed by atoms with Gasteiger partial charge in [-0.25, -0.2) is 5.43 Å². The Balaban J connectivity index is 1.52. The molecule has 5 nitrogen and oxygen atoms in total. The molecule has 2 heterocycles. The standard InChI is InChI=1S/C17H25ClN4O/c1-2-4-14-12-16(20-19-14)17(23)22-9-7-21(8-10-22)15-6-3-5-13(18)11-15/h3,5-6,11,14,16,19-20H,2,4,7-10,12H2,1H3. The molecule has 0 spiro atoms. The second kappa shape index (κ2) is 7.51. The number of hydrogen-bond acceptors (Lipinski definition) is 4. The van der Waals surface area contributed by atoms with Crippen molar-refractivity contribution in [2.24, 2.45) is 0 Å². The summed E-state index contributed by atoms with van der Waals surface area (Å²) in [5.41, 5.74) is 7.55. The van der Waals surface area contributed by atoms with Crippen LogP contribution in [0.25, 0.3) is 0 Å². The first kappa shape index (κ1) is 16.6. The van der Waals surface area contributed by atoms with Crippen molar-refractivity contribution in [3.63, 3.8) is 0 Å². The summed E-state index contributed by atoms with van der Waals surface area (Å²) in [5, 5.41) is 0.754. The number of halogens is 1. The van der Waals surface area contributed by atoms with Crippen LogP contribution < -0.4 is 15.8 Å². The predicted octanol–water partition coefficient (Wildman–Crippen LogP) is 2.02. The van der Waals surface area contributed by atoms with Crippen LogP contribution in [0.5, 0.6) is 0 Å². The maximum absolute atomic E-state index is 12.6. The number of piperazine rings is 1. The number of nitrogens with one attached hydrogen (secondary N) is 2. The number of amides is 1. The SMILES string of the molecule is CCCC1CC(C(=O)N2CCN(c3cccc(Cl)c3)CC2)NN1. The van der Waals surface area contributed by atoms with Gasteiger partial charge in [-0.05, 0) is 31.0 Å². The maximum Gasteiger partial charge on any atom is 0.241 e. The van der Waals surface area contributed by atoms with E-state index in [-0.39, 0.29) is 11.9 Å². The van der Waals surface area contributed by atoms with Crippen molar-refractivity contribution < 1.29 is 4.79 Å². The first-order chi connectivity index (χ1) is 11.2. The fourth-order valence-electron chi connectivity index (χ4n) is 3.40. The van der Waals surface area contributed by atoms with Crippen LogP contribution in [0.1, 0.15) is 26.2 Å². The molecule has 2 atom stereocenters. The van der Waals surface area contributed by atoms with E-state index in [0.717, 1.165) is 56.2 Å². The zero-order chi connectivity index (χ0) is 16.2. The van der Waals surface area contributed by atoms with Crippen molar-refractivity contribution in [3.8, 4) is 0 Å². The molecule has 2 aliphatic heterocycles. The van der Waals surface area contributed by atoms with Crippen molar-refractivity contribution in [3.05, 3.63) is 29.3 Å². The lowest BCUT2D eigenvalue weighted by molar-refractivity contribution is -0.133. The third-order valence-corrected chi connectivity index (χ3v) is 4.92. The van der Waals surface area contributed by atoms with Crippen molar-refractivity contribution in [2.75, 3.05) is 31.1 Å². The van der Waals surface area contributed by atoms with Crippen LogP contribution in [-0.4, -0.2) is 49.1 Å². The Hall–Kier alpha value is -1.30. The summed E-state index contributed by atoms with van der Waals surface area (Å²) in [6, 6.07) is 8.25. The van der Waals surface area contributed by atoms with Gasteiger partial charge in [-0.3, -0.25) is 10.2 Å². The number of rotatable bonds is 4. The number of carbonyl (C=O) groups excluding carboxylic acids is 1. The number of carbonyl (C=O) groups is 1. The summed E-state index contributed by atoms with van der Waals surface area (Å²) < 4.78 is 0. The van der Waals surface area contributed by atoms with Gasteiger partial charge in [0.15, 0.2) is 0 Å². The first-order valence-electron chi connectivity index (χ1n) is 8.47. The molecule has 126 valence electrons. The van der Waals surface area contributed by atoms with E-state index >= 15 is 0 Å². The lowest BCUT2D eigenvalue weighted by Gasteiger charge is -2.37. The normalized spacial score (nSPS) is 25.0. The minimum absolute atomic E-state index is 0.0794. The highest BCUT2D eigenvalue weighted by molar-refractivity contribution is 6.30. The largest absolute Gasteiger partial charge is 0.368 e. The summed E-state index contributed by atoms with van der Waals surface area (Å²) in [5.74, 6) is 0.224. The number of benzene rings is 1. The molecule has 23 heavy (non-hydrogen) atoms. The first-order valence-corrected chi connectivity index (χ1v) is 8.85. The summed E-state index contributed by atoms with van der Waals surface area (Å²) in [6.45, 7) is 5.41. The van der Waals surface area contributed by atoms with E-state index in [1.54, 1.807) is 0 Å². The van der Waals surface area contributed by atoms with E-state index in [1.807, 2.05) is 23.1 Å². The van der Waals surface area contributed by atoms with Crippen molar-refractivity contribution >= 4 is 23.2 Å². The summed E-state index contributed by atoms with van der Waals surface area (Å²) in [7, 11) is 0. The van der Waals surface area contributed by atoms with E-state index < -0.39 is 0 Å². The van der Waals surface area contributed by atoms with E-state index in [1.165, 1.54) is 0 Å². The molecule has 1 aromatic carbocycles. The van der Waals surface area contributed by atoms with E-state index in [0.29, 0.717) is 6.04 Å². The van der Waals surface area contributed by atoms with Crippen LogP contribution in [0, 0.1) is 0 Å². The molecular formula is C17H25ClN4O. The lowest BCUT2D eigenvalue weighted by atomic mass is 10.0. The zero-order valence-corrected chi connectivity index (χ0v) is 14.4. The van der Waals surface area contributed by atoms with Crippen LogP contribution in [0.2, 0.25) is 5.02 Å². The van der Waals surface area contributed by atoms with E-state index in [2.05, 4.69) is 28.7 Å². The van der Waals surface area contributed by atoms with Gasteiger partial charge < -0.3 is 9.80 Å². The highest BCUT2D eigenvalue weighted by Gasteiger charge is 2.33. The quantitative estimate of drug-likeness (QED) is 0.883. The van der Waals surface area contributed by atoms with Crippen molar-refractivity contribution in [1.82, 2.24) is 15.8 Å². The number of nitrogens with zero attached hydrogens (tertiary/aromatic N) is 2. The van der Waals surface area contributed by atoms with Gasteiger partial charge >= 0.3 is 0 Å². The smallest absolute Gasteiger partial charge is 0.241 e. The van der Waals surface area contributed by atoms with Crippen molar-refractivity contribution in [1.29, 1.82) is 0 Å². The molecule has 1 aromatic rings. The van der Waals surface area contributed by atoms with E-state index in [9.17, 15) is 4.79 Å². The molecule has 0 aromatic heterocycles. The second-order valence-corrected chi connectivity index (χ2v) is 6.79. The Labute approximate surface area is 142 Å². The Kier molecular flexibility index (Phi) is 5.41. The molecule has 2 N–H and O–H groups in total. The minimum atomic E-state index is -0.0794. The van der Waals surface area contributed by atoms with Crippen LogP contribution in [0.15, 0.2) is 24.3 Å². The van der Waals surface area contributed by atoms with Gasteiger partial charge in [-0.1, -0.05) is 31.0 Å². The van der Waals surface area contributed by atoms with Crippen LogP contribution in [-0.2, 0) is 4.79 Å². The third kappa shape index (κ3) is 3.97. The van der Waals surface area contributed by atoms with Gasteiger partial charge in [0.2, 0.25) is 5.91 Å². The summed E-state index contributed by atoms with van der Waals surface area (Å²) in [6.07, 6.45) is 3.14. The molecule has 0 bridgehead atoms. The van der Waals surface area contributed by atoms with Gasteiger partial charge in [0.1, 0.15) is 6.04 Å². The molecule has 2 unspecified atom stereocenters. The van der Waals surface area contributed by atoms with Crippen LogP contribution >= 0.6 is 11.6 Å².